The highest BCUT2D eigenvalue weighted by molar-refractivity contribution is 6.11. The minimum Gasteiger partial charge on any atom is -0.310 e. The Bertz CT molecular complexity index is 2480. The van der Waals surface area contributed by atoms with Crippen LogP contribution >= 0.6 is 0 Å². The van der Waals surface area contributed by atoms with Crippen LogP contribution in [0.2, 0.25) is 0 Å². The van der Waals surface area contributed by atoms with Crippen molar-refractivity contribution in [2.45, 2.75) is 19.3 Å². The number of hydrogen-bond acceptors (Lipinski definition) is 1. The second kappa shape index (κ2) is 12.1. The lowest BCUT2D eigenvalue weighted by Crippen LogP contribution is -2.17. The minimum atomic E-state index is -0.164. The van der Waals surface area contributed by atoms with Crippen molar-refractivity contribution in [3.05, 3.63) is 199 Å². The summed E-state index contributed by atoms with van der Waals surface area (Å²) in [4.78, 5) is 2.46. The highest BCUT2D eigenvalue weighted by Crippen LogP contribution is 2.53. The van der Waals surface area contributed by atoms with Crippen molar-refractivity contribution in [3.63, 3.8) is 0 Å². The third kappa shape index (κ3) is 4.94. The van der Waals surface area contributed by atoms with Crippen molar-refractivity contribution in [1.82, 2.24) is 0 Å². The molecule has 0 bridgehead atoms. The average Bonchev–Trinajstić information content (AvgIpc) is 3.41. The molecule has 0 N–H and O–H groups in total. The molecule has 0 amide bonds. The fourth-order valence-electron chi connectivity index (χ4n) is 7.98. The molecular formula is C49H37N. The standard InChI is InChI=1S/C49H37N/c1-49(2)45-31-37(34-17-7-3-8-18-34)27-29-40(45)41-30-28-39(32-46(41)49)50(38-23-13-6-14-24-38)47-33-44(35-19-9-4-10-20-35)48(36-21-11-5-12-22-36)43-26-16-15-25-42(43)47/h3-33H,1-2H3. The second-order valence-corrected chi connectivity index (χ2v) is 13.7. The van der Waals surface area contributed by atoms with Crippen LogP contribution < -0.4 is 4.90 Å². The van der Waals surface area contributed by atoms with Crippen LogP contribution in [0.5, 0.6) is 0 Å². The van der Waals surface area contributed by atoms with E-state index in [2.05, 4.69) is 207 Å². The van der Waals surface area contributed by atoms with Gasteiger partial charge >= 0.3 is 0 Å². The molecule has 0 atom stereocenters. The van der Waals surface area contributed by atoms with E-state index in [1.165, 1.54) is 66.4 Å². The molecular weight excluding hydrogens is 603 g/mol. The van der Waals surface area contributed by atoms with Gasteiger partial charge in [-0.2, -0.15) is 0 Å². The number of benzene rings is 8. The van der Waals surface area contributed by atoms with Gasteiger partial charge in [-0.1, -0.05) is 166 Å². The number of hydrogen-bond donors (Lipinski definition) is 0. The molecule has 0 fully saturated rings. The molecule has 0 heterocycles. The molecule has 0 saturated heterocycles. The lowest BCUT2D eigenvalue weighted by atomic mass is 9.81. The summed E-state index contributed by atoms with van der Waals surface area (Å²) in [6, 6.07) is 68.6. The first-order chi connectivity index (χ1) is 24.6. The largest absolute Gasteiger partial charge is 0.310 e. The van der Waals surface area contributed by atoms with Gasteiger partial charge in [0.05, 0.1) is 5.69 Å². The molecule has 1 heteroatoms. The van der Waals surface area contributed by atoms with E-state index in [1.807, 2.05) is 0 Å². The van der Waals surface area contributed by atoms with Gasteiger partial charge in [0.15, 0.2) is 0 Å². The van der Waals surface area contributed by atoms with Gasteiger partial charge in [0.1, 0.15) is 0 Å². The lowest BCUT2D eigenvalue weighted by Gasteiger charge is -2.30. The first-order valence-electron chi connectivity index (χ1n) is 17.4. The molecule has 1 nitrogen and oxygen atoms in total. The van der Waals surface area contributed by atoms with Gasteiger partial charge in [-0.15, -0.1) is 0 Å². The van der Waals surface area contributed by atoms with Crippen molar-refractivity contribution < 1.29 is 0 Å². The van der Waals surface area contributed by atoms with E-state index >= 15 is 0 Å². The first kappa shape index (κ1) is 29.9. The third-order valence-corrected chi connectivity index (χ3v) is 10.5. The SMILES string of the molecule is CC1(C)c2cc(-c3ccccc3)ccc2-c2ccc(N(c3ccccc3)c3cc(-c4ccccc4)c(-c4ccccc4)c4ccccc34)cc21. The topological polar surface area (TPSA) is 3.24 Å². The Morgan fingerprint density at radius 1 is 0.360 bits per heavy atom. The highest BCUT2D eigenvalue weighted by Gasteiger charge is 2.36. The monoisotopic (exact) mass is 639 g/mol. The number of para-hydroxylation sites is 1. The van der Waals surface area contributed by atoms with Gasteiger partial charge < -0.3 is 4.90 Å². The van der Waals surface area contributed by atoms with Crippen LogP contribution in [0.1, 0.15) is 25.0 Å². The molecule has 0 saturated carbocycles. The molecule has 238 valence electrons. The number of nitrogens with zero attached hydrogens (tertiary/aromatic N) is 1. The summed E-state index contributed by atoms with van der Waals surface area (Å²) >= 11 is 0. The Labute approximate surface area is 294 Å². The van der Waals surface area contributed by atoms with Crippen LogP contribution in [-0.2, 0) is 5.41 Å². The Kier molecular flexibility index (Phi) is 7.21. The first-order valence-corrected chi connectivity index (χ1v) is 17.4. The summed E-state index contributed by atoms with van der Waals surface area (Å²) in [6.07, 6.45) is 0. The summed E-state index contributed by atoms with van der Waals surface area (Å²) in [5.74, 6) is 0. The van der Waals surface area contributed by atoms with E-state index in [1.54, 1.807) is 0 Å². The average molecular weight is 640 g/mol. The van der Waals surface area contributed by atoms with Gasteiger partial charge in [-0.25, -0.2) is 0 Å². The maximum Gasteiger partial charge on any atom is 0.0546 e. The Morgan fingerprint density at radius 3 is 1.54 bits per heavy atom. The van der Waals surface area contributed by atoms with Crippen LogP contribution in [0.25, 0.3) is 55.3 Å². The Morgan fingerprint density at radius 2 is 0.880 bits per heavy atom. The minimum absolute atomic E-state index is 0.164. The van der Waals surface area contributed by atoms with Crippen LogP contribution in [0.15, 0.2) is 188 Å². The second-order valence-electron chi connectivity index (χ2n) is 13.7. The lowest BCUT2D eigenvalue weighted by molar-refractivity contribution is 0.660. The molecule has 0 aliphatic heterocycles. The van der Waals surface area contributed by atoms with Gasteiger partial charge in [0.2, 0.25) is 0 Å². The number of fused-ring (bicyclic) bond motifs is 4. The highest BCUT2D eigenvalue weighted by atomic mass is 15.1. The predicted octanol–water partition coefficient (Wildman–Crippen LogP) is 13.6. The Balaban J connectivity index is 1.27. The summed E-state index contributed by atoms with van der Waals surface area (Å²) in [7, 11) is 0. The van der Waals surface area contributed by atoms with E-state index in [0.717, 1.165) is 17.1 Å². The van der Waals surface area contributed by atoms with Gasteiger partial charge in [0.25, 0.3) is 0 Å². The van der Waals surface area contributed by atoms with Crippen LogP contribution in [-0.4, -0.2) is 0 Å². The number of anilines is 3. The molecule has 8 aromatic carbocycles. The molecule has 0 spiro atoms. The van der Waals surface area contributed by atoms with Crippen LogP contribution in [0.4, 0.5) is 17.1 Å². The van der Waals surface area contributed by atoms with Crippen molar-refractivity contribution in [2.75, 3.05) is 4.90 Å². The van der Waals surface area contributed by atoms with Gasteiger partial charge in [-0.05, 0) is 97.4 Å². The zero-order valence-corrected chi connectivity index (χ0v) is 28.3. The van der Waals surface area contributed by atoms with Gasteiger partial charge in [-0.3, -0.25) is 0 Å². The molecule has 0 aromatic heterocycles. The van der Waals surface area contributed by atoms with Crippen molar-refractivity contribution in [3.8, 4) is 44.5 Å². The van der Waals surface area contributed by atoms with Crippen molar-refractivity contribution in [1.29, 1.82) is 0 Å². The van der Waals surface area contributed by atoms with E-state index in [9.17, 15) is 0 Å². The maximum absolute atomic E-state index is 2.46. The number of rotatable bonds is 6. The fourth-order valence-corrected chi connectivity index (χ4v) is 7.98. The Hall–Kier alpha value is -6.18. The van der Waals surface area contributed by atoms with Crippen LogP contribution in [0.3, 0.4) is 0 Å². The molecule has 0 radical (unpaired) electrons. The van der Waals surface area contributed by atoms with E-state index in [-0.39, 0.29) is 5.41 Å². The quantitative estimate of drug-likeness (QED) is 0.175. The fraction of sp³-hybridized carbons (Fsp3) is 0.0612. The van der Waals surface area contributed by atoms with E-state index in [4.69, 9.17) is 0 Å². The summed E-state index contributed by atoms with van der Waals surface area (Å²) < 4.78 is 0. The smallest absolute Gasteiger partial charge is 0.0546 e. The van der Waals surface area contributed by atoms with E-state index in [0.29, 0.717) is 0 Å². The molecule has 50 heavy (non-hydrogen) atoms. The predicted molar refractivity (Wildman–Crippen MR) is 213 cm³/mol. The molecule has 1 aliphatic rings. The molecule has 1 aliphatic carbocycles. The summed E-state index contributed by atoms with van der Waals surface area (Å²) in [6.45, 7) is 4.75. The normalized spacial score (nSPS) is 12.8. The summed E-state index contributed by atoms with van der Waals surface area (Å²) in [5.41, 5.74) is 16.0. The van der Waals surface area contributed by atoms with Crippen molar-refractivity contribution >= 4 is 27.8 Å². The third-order valence-electron chi connectivity index (χ3n) is 10.5. The zero-order valence-electron chi connectivity index (χ0n) is 28.3. The van der Waals surface area contributed by atoms with Crippen LogP contribution in [0, 0.1) is 0 Å². The molecule has 0 unspecified atom stereocenters. The van der Waals surface area contributed by atoms with Gasteiger partial charge in [0, 0.05) is 22.2 Å². The maximum atomic E-state index is 2.46. The molecule has 9 rings (SSSR count). The molecule has 8 aromatic rings. The van der Waals surface area contributed by atoms with E-state index < -0.39 is 0 Å². The van der Waals surface area contributed by atoms with Crippen molar-refractivity contribution in [2.24, 2.45) is 0 Å². The summed E-state index contributed by atoms with van der Waals surface area (Å²) in [5, 5.41) is 2.45. The zero-order chi connectivity index (χ0) is 33.7.